The van der Waals surface area contributed by atoms with Crippen molar-refractivity contribution in [1.29, 1.82) is 0 Å². The number of aromatic nitrogens is 1. The summed E-state index contributed by atoms with van der Waals surface area (Å²) in [6, 6.07) is 5.20. The van der Waals surface area contributed by atoms with E-state index in [0.717, 1.165) is 22.2 Å². The van der Waals surface area contributed by atoms with Crippen LogP contribution in [0.2, 0.25) is 0 Å². The molecule has 0 aliphatic carbocycles. The summed E-state index contributed by atoms with van der Waals surface area (Å²) in [6.07, 6.45) is 1.58. The first-order valence-electron chi connectivity index (χ1n) is 5.52. The van der Waals surface area contributed by atoms with Crippen molar-refractivity contribution in [1.82, 2.24) is 10.3 Å². The molecule has 0 radical (unpaired) electrons. The maximum absolute atomic E-state index is 13.1. The van der Waals surface area contributed by atoms with E-state index in [2.05, 4.69) is 26.2 Å². The van der Waals surface area contributed by atoms with E-state index in [4.69, 9.17) is 4.74 Å². The molecule has 0 aliphatic heterocycles. The number of nitrogens with one attached hydrogen (secondary N) is 1. The standard InChI is InChI=1S/C13H11BrF2N2O/c1-17-6-8-4-9(14)7-18-13(8)19-10-2-3-11(15)12(16)5-10/h2-5,7,17H,6H2,1H3. The zero-order valence-corrected chi connectivity index (χ0v) is 11.7. The molecule has 1 aromatic carbocycles. The molecule has 0 saturated carbocycles. The topological polar surface area (TPSA) is 34.2 Å². The zero-order chi connectivity index (χ0) is 13.8. The van der Waals surface area contributed by atoms with Crippen LogP contribution in [-0.2, 0) is 6.54 Å². The van der Waals surface area contributed by atoms with E-state index in [1.165, 1.54) is 6.07 Å². The van der Waals surface area contributed by atoms with Gasteiger partial charge in [-0.1, -0.05) is 0 Å². The molecule has 2 rings (SSSR count). The predicted octanol–water partition coefficient (Wildman–Crippen LogP) is 3.63. The summed E-state index contributed by atoms with van der Waals surface area (Å²) in [5.74, 6) is -1.31. The first-order chi connectivity index (χ1) is 9.10. The molecule has 6 heteroatoms. The van der Waals surface area contributed by atoms with Gasteiger partial charge < -0.3 is 10.1 Å². The number of rotatable bonds is 4. The lowest BCUT2D eigenvalue weighted by molar-refractivity contribution is 0.441. The largest absolute Gasteiger partial charge is 0.439 e. The number of pyridine rings is 1. The van der Waals surface area contributed by atoms with Crippen LogP contribution >= 0.6 is 15.9 Å². The van der Waals surface area contributed by atoms with Crippen molar-refractivity contribution in [3.05, 3.63) is 52.1 Å². The number of nitrogens with zero attached hydrogens (tertiary/aromatic N) is 1. The normalized spacial score (nSPS) is 10.5. The van der Waals surface area contributed by atoms with Gasteiger partial charge in [0.1, 0.15) is 5.75 Å². The van der Waals surface area contributed by atoms with E-state index in [-0.39, 0.29) is 5.75 Å². The Kier molecular flexibility index (Phi) is 4.44. The van der Waals surface area contributed by atoms with Crippen molar-refractivity contribution in [2.24, 2.45) is 0 Å². The van der Waals surface area contributed by atoms with Gasteiger partial charge in [0.25, 0.3) is 0 Å². The van der Waals surface area contributed by atoms with Crippen LogP contribution in [0.4, 0.5) is 8.78 Å². The second-order valence-electron chi connectivity index (χ2n) is 3.83. The summed E-state index contributed by atoms with van der Waals surface area (Å²) in [7, 11) is 1.79. The minimum absolute atomic E-state index is 0.200. The highest BCUT2D eigenvalue weighted by Crippen LogP contribution is 2.26. The highest BCUT2D eigenvalue weighted by molar-refractivity contribution is 9.10. The quantitative estimate of drug-likeness (QED) is 0.930. The van der Waals surface area contributed by atoms with Gasteiger partial charge in [-0.25, -0.2) is 13.8 Å². The zero-order valence-electron chi connectivity index (χ0n) is 10.1. The fraction of sp³-hybridized carbons (Fsp3) is 0.154. The molecule has 1 heterocycles. The fourth-order valence-corrected chi connectivity index (χ4v) is 1.91. The lowest BCUT2D eigenvalue weighted by Gasteiger charge is -2.10. The van der Waals surface area contributed by atoms with Crippen LogP contribution in [0, 0.1) is 11.6 Å². The van der Waals surface area contributed by atoms with E-state index < -0.39 is 11.6 Å². The van der Waals surface area contributed by atoms with Crippen molar-refractivity contribution < 1.29 is 13.5 Å². The van der Waals surface area contributed by atoms with E-state index in [9.17, 15) is 8.78 Å². The molecule has 100 valence electrons. The third-order valence-corrected chi connectivity index (χ3v) is 2.80. The minimum Gasteiger partial charge on any atom is -0.439 e. The summed E-state index contributed by atoms with van der Waals surface area (Å²) in [4.78, 5) is 4.12. The smallest absolute Gasteiger partial charge is 0.223 e. The lowest BCUT2D eigenvalue weighted by atomic mass is 10.2. The molecule has 3 nitrogen and oxygen atoms in total. The Hall–Kier alpha value is -1.53. The van der Waals surface area contributed by atoms with E-state index in [1.54, 1.807) is 13.2 Å². The van der Waals surface area contributed by atoms with E-state index >= 15 is 0 Å². The van der Waals surface area contributed by atoms with Gasteiger partial charge in [-0.3, -0.25) is 0 Å². The summed E-state index contributed by atoms with van der Waals surface area (Å²) >= 11 is 3.32. The average molecular weight is 329 g/mol. The van der Waals surface area contributed by atoms with Crippen LogP contribution in [0.25, 0.3) is 0 Å². The molecule has 0 fully saturated rings. The highest BCUT2D eigenvalue weighted by atomic mass is 79.9. The van der Waals surface area contributed by atoms with E-state index in [0.29, 0.717) is 12.4 Å². The molecule has 19 heavy (non-hydrogen) atoms. The molecule has 1 aromatic heterocycles. The number of halogens is 3. The molecule has 0 spiro atoms. The van der Waals surface area contributed by atoms with Gasteiger partial charge in [-0.2, -0.15) is 0 Å². The first-order valence-corrected chi connectivity index (χ1v) is 6.31. The van der Waals surface area contributed by atoms with Crippen LogP contribution in [0.3, 0.4) is 0 Å². The van der Waals surface area contributed by atoms with Crippen molar-refractivity contribution in [3.8, 4) is 11.6 Å². The second kappa shape index (κ2) is 6.08. The number of hydrogen-bond acceptors (Lipinski definition) is 3. The summed E-state index contributed by atoms with van der Waals surface area (Å²) < 4.78 is 32.2. The monoisotopic (exact) mass is 328 g/mol. The van der Waals surface area contributed by atoms with Crippen molar-refractivity contribution >= 4 is 15.9 Å². The molecule has 0 atom stereocenters. The number of benzene rings is 1. The van der Waals surface area contributed by atoms with Gasteiger partial charge in [-0.05, 0) is 41.2 Å². The van der Waals surface area contributed by atoms with Gasteiger partial charge >= 0.3 is 0 Å². The number of hydrogen-bond donors (Lipinski definition) is 1. The van der Waals surface area contributed by atoms with Gasteiger partial charge in [-0.15, -0.1) is 0 Å². The van der Waals surface area contributed by atoms with Gasteiger partial charge in [0.05, 0.1) is 0 Å². The second-order valence-corrected chi connectivity index (χ2v) is 4.74. The molecule has 0 unspecified atom stereocenters. The fourth-order valence-electron chi connectivity index (χ4n) is 1.53. The Labute approximate surface area is 117 Å². The molecular formula is C13H11BrF2N2O. The summed E-state index contributed by atoms with van der Waals surface area (Å²) in [5, 5.41) is 2.98. The molecule has 0 amide bonds. The maximum atomic E-state index is 13.1. The van der Waals surface area contributed by atoms with Crippen LogP contribution < -0.4 is 10.1 Å². The highest BCUT2D eigenvalue weighted by Gasteiger charge is 2.09. The Morgan fingerprint density at radius 1 is 1.26 bits per heavy atom. The summed E-state index contributed by atoms with van der Waals surface area (Å²) in [5.41, 5.74) is 0.807. The molecule has 0 saturated heterocycles. The predicted molar refractivity (Wildman–Crippen MR) is 71.1 cm³/mol. The third kappa shape index (κ3) is 3.48. The van der Waals surface area contributed by atoms with Crippen LogP contribution in [0.15, 0.2) is 34.9 Å². The van der Waals surface area contributed by atoms with Gasteiger partial charge in [0.15, 0.2) is 11.6 Å². The van der Waals surface area contributed by atoms with Gasteiger partial charge in [0.2, 0.25) is 5.88 Å². The first kappa shape index (κ1) is 13.9. The Morgan fingerprint density at radius 3 is 2.74 bits per heavy atom. The van der Waals surface area contributed by atoms with E-state index in [1.807, 2.05) is 6.07 Å². The molecular weight excluding hydrogens is 318 g/mol. The minimum atomic E-state index is -0.954. The Morgan fingerprint density at radius 2 is 2.05 bits per heavy atom. The average Bonchev–Trinajstić information content (AvgIpc) is 2.37. The molecule has 2 aromatic rings. The number of ether oxygens (including phenoxy) is 1. The maximum Gasteiger partial charge on any atom is 0.223 e. The van der Waals surface area contributed by atoms with Crippen molar-refractivity contribution in [2.45, 2.75) is 6.54 Å². The van der Waals surface area contributed by atoms with Crippen molar-refractivity contribution in [3.63, 3.8) is 0 Å². The molecule has 0 aliphatic rings. The van der Waals surface area contributed by atoms with Crippen LogP contribution in [0.1, 0.15) is 5.56 Å². The van der Waals surface area contributed by atoms with Crippen LogP contribution in [-0.4, -0.2) is 12.0 Å². The third-order valence-electron chi connectivity index (χ3n) is 2.36. The lowest BCUT2D eigenvalue weighted by Crippen LogP contribution is -2.07. The van der Waals surface area contributed by atoms with Gasteiger partial charge in [0, 0.05) is 28.8 Å². The molecule has 0 bridgehead atoms. The Balaban J connectivity index is 2.29. The van der Waals surface area contributed by atoms with Crippen LogP contribution in [0.5, 0.6) is 11.6 Å². The summed E-state index contributed by atoms with van der Waals surface area (Å²) in [6.45, 7) is 0.547. The Bertz CT molecular complexity index is 593. The SMILES string of the molecule is CNCc1cc(Br)cnc1Oc1ccc(F)c(F)c1. The van der Waals surface area contributed by atoms with Crippen molar-refractivity contribution in [2.75, 3.05) is 7.05 Å². The molecule has 1 N–H and O–H groups in total.